The van der Waals surface area contributed by atoms with Gasteiger partial charge < -0.3 is 10.2 Å². The SMILES string of the molecule is N/C(=C(/Cl)N(N)Cc1ccc(-c2nnc(C(F)F)o2)cc1)c1ccccc1. The lowest BCUT2D eigenvalue weighted by atomic mass is 10.1. The monoisotopic (exact) mass is 391 g/mol. The number of rotatable bonds is 6. The molecule has 140 valence electrons. The van der Waals surface area contributed by atoms with Crippen molar-refractivity contribution in [1.29, 1.82) is 0 Å². The number of hydrazine groups is 1. The summed E-state index contributed by atoms with van der Waals surface area (Å²) in [4.78, 5) is 0. The zero-order valence-corrected chi connectivity index (χ0v) is 14.8. The molecule has 2 aromatic carbocycles. The molecule has 0 aliphatic rings. The minimum atomic E-state index is -2.81. The van der Waals surface area contributed by atoms with E-state index < -0.39 is 12.3 Å². The summed E-state index contributed by atoms with van der Waals surface area (Å²) in [6.45, 7) is 0.290. The van der Waals surface area contributed by atoms with E-state index in [0.717, 1.165) is 11.1 Å². The number of nitrogens with two attached hydrogens (primary N) is 2. The number of alkyl halides is 2. The highest BCUT2D eigenvalue weighted by atomic mass is 35.5. The maximum atomic E-state index is 12.5. The Morgan fingerprint density at radius 2 is 1.74 bits per heavy atom. The van der Waals surface area contributed by atoms with Crippen LogP contribution in [-0.4, -0.2) is 15.2 Å². The van der Waals surface area contributed by atoms with Crippen LogP contribution in [0.5, 0.6) is 0 Å². The molecule has 0 saturated carbocycles. The zero-order valence-electron chi connectivity index (χ0n) is 14.0. The molecule has 3 rings (SSSR count). The molecule has 0 atom stereocenters. The molecule has 1 aromatic heterocycles. The van der Waals surface area contributed by atoms with Gasteiger partial charge in [0.15, 0.2) is 0 Å². The number of hydrogen-bond donors (Lipinski definition) is 2. The summed E-state index contributed by atoms with van der Waals surface area (Å²) in [5.74, 6) is 5.32. The van der Waals surface area contributed by atoms with Crippen molar-refractivity contribution >= 4 is 17.3 Å². The van der Waals surface area contributed by atoms with Gasteiger partial charge in [0.1, 0.15) is 5.16 Å². The molecule has 0 saturated heterocycles. The van der Waals surface area contributed by atoms with Gasteiger partial charge in [-0.05, 0) is 17.7 Å². The van der Waals surface area contributed by atoms with E-state index in [1.165, 1.54) is 5.01 Å². The fourth-order valence-corrected chi connectivity index (χ4v) is 2.52. The third kappa shape index (κ3) is 4.42. The van der Waals surface area contributed by atoms with Crippen LogP contribution in [-0.2, 0) is 6.54 Å². The molecule has 27 heavy (non-hydrogen) atoms. The molecule has 0 radical (unpaired) electrons. The molecular weight excluding hydrogens is 376 g/mol. The van der Waals surface area contributed by atoms with Crippen LogP contribution in [0.25, 0.3) is 17.2 Å². The van der Waals surface area contributed by atoms with Crippen molar-refractivity contribution in [2.75, 3.05) is 0 Å². The van der Waals surface area contributed by atoms with E-state index in [-0.39, 0.29) is 11.0 Å². The summed E-state index contributed by atoms with van der Waals surface area (Å²) >= 11 is 6.28. The largest absolute Gasteiger partial charge is 0.415 e. The Balaban J connectivity index is 1.72. The predicted octanol–water partition coefficient (Wildman–Crippen LogP) is 3.87. The molecule has 0 bridgehead atoms. The van der Waals surface area contributed by atoms with Crippen LogP contribution < -0.4 is 11.6 Å². The van der Waals surface area contributed by atoms with E-state index in [4.69, 9.17) is 27.6 Å². The molecule has 1 heterocycles. The number of aromatic nitrogens is 2. The molecule has 3 aromatic rings. The molecule has 9 heteroatoms. The standard InChI is InChI=1S/C18H16ClF2N5O/c19-15(14(22)12-4-2-1-3-5-12)26(23)10-11-6-8-13(9-7-11)17-24-25-18(27-17)16(20)21/h1-9,16H,10,22-23H2/b15-14-. The molecule has 0 unspecified atom stereocenters. The first-order chi connectivity index (χ1) is 13.0. The van der Waals surface area contributed by atoms with Gasteiger partial charge in [0.2, 0.25) is 5.89 Å². The molecule has 0 aliphatic heterocycles. The second kappa shape index (κ2) is 8.15. The molecule has 0 aliphatic carbocycles. The second-order valence-electron chi connectivity index (χ2n) is 5.64. The first-order valence-corrected chi connectivity index (χ1v) is 8.27. The number of halogens is 3. The Labute approximate surface area is 159 Å². The highest BCUT2D eigenvalue weighted by molar-refractivity contribution is 6.32. The van der Waals surface area contributed by atoms with Crippen molar-refractivity contribution in [3.05, 3.63) is 76.8 Å². The highest BCUT2D eigenvalue weighted by Gasteiger charge is 2.17. The van der Waals surface area contributed by atoms with Crippen molar-refractivity contribution in [3.63, 3.8) is 0 Å². The minimum Gasteiger partial charge on any atom is -0.415 e. The third-order valence-corrected chi connectivity index (χ3v) is 4.16. The lowest BCUT2D eigenvalue weighted by Gasteiger charge is -2.19. The topological polar surface area (TPSA) is 94.2 Å². The van der Waals surface area contributed by atoms with Gasteiger partial charge >= 0.3 is 6.43 Å². The van der Waals surface area contributed by atoms with Gasteiger partial charge in [-0.1, -0.05) is 54.1 Å². The van der Waals surface area contributed by atoms with E-state index in [0.29, 0.717) is 17.8 Å². The summed E-state index contributed by atoms with van der Waals surface area (Å²) in [6.07, 6.45) is -2.81. The quantitative estimate of drug-likeness (QED) is 0.376. The lowest BCUT2D eigenvalue weighted by Crippen LogP contribution is -2.29. The Morgan fingerprint density at radius 1 is 1.07 bits per heavy atom. The second-order valence-corrected chi connectivity index (χ2v) is 6.00. The predicted molar refractivity (Wildman–Crippen MR) is 97.8 cm³/mol. The van der Waals surface area contributed by atoms with E-state index in [1.807, 2.05) is 30.3 Å². The van der Waals surface area contributed by atoms with Crippen LogP contribution in [0.4, 0.5) is 8.78 Å². The molecule has 0 fully saturated rings. The Kier molecular flexibility index (Phi) is 5.68. The third-order valence-electron chi connectivity index (χ3n) is 3.74. The summed E-state index contributed by atoms with van der Waals surface area (Å²) in [5, 5.41) is 8.44. The van der Waals surface area contributed by atoms with Crippen molar-refractivity contribution < 1.29 is 13.2 Å². The fourth-order valence-electron chi connectivity index (χ4n) is 2.35. The average Bonchev–Trinajstić information content (AvgIpc) is 3.18. The summed E-state index contributed by atoms with van der Waals surface area (Å²) in [6, 6.07) is 16.1. The highest BCUT2D eigenvalue weighted by Crippen LogP contribution is 2.24. The smallest absolute Gasteiger partial charge is 0.314 e. The first kappa shape index (κ1) is 18.8. The minimum absolute atomic E-state index is 0.0210. The maximum Gasteiger partial charge on any atom is 0.314 e. The normalized spacial score (nSPS) is 12.2. The maximum absolute atomic E-state index is 12.5. The Bertz CT molecular complexity index is 928. The van der Waals surface area contributed by atoms with Crippen LogP contribution in [0.15, 0.2) is 64.2 Å². The van der Waals surface area contributed by atoms with E-state index in [2.05, 4.69) is 10.2 Å². The lowest BCUT2D eigenvalue weighted by molar-refractivity contribution is 0.116. The first-order valence-electron chi connectivity index (χ1n) is 7.89. The Morgan fingerprint density at radius 3 is 2.33 bits per heavy atom. The molecule has 0 amide bonds. The summed E-state index contributed by atoms with van der Waals surface area (Å²) < 4.78 is 30.0. The van der Waals surface area contributed by atoms with Crippen molar-refractivity contribution in [3.8, 4) is 11.5 Å². The van der Waals surface area contributed by atoms with Crippen LogP contribution in [0.2, 0.25) is 0 Å². The summed E-state index contributed by atoms with van der Waals surface area (Å²) in [5.41, 5.74) is 8.53. The van der Waals surface area contributed by atoms with Crippen LogP contribution in [0.3, 0.4) is 0 Å². The molecule has 4 N–H and O–H groups in total. The number of hydrogen-bond acceptors (Lipinski definition) is 6. The zero-order chi connectivity index (χ0) is 19.4. The summed E-state index contributed by atoms with van der Waals surface area (Å²) in [7, 11) is 0. The van der Waals surface area contributed by atoms with E-state index in [1.54, 1.807) is 24.3 Å². The van der Waals surface area contributed by atoms with Crippen LogP contribution >= 0.6 is 11.6 Å². The van der Waals surface area contributed by atoms with Crippen molar-refractivity contribution in [2.24, 2.45) is 11.6 Å². The van der Waals surface area contributed by atoms with Crippen LogP contribution in [0.1, 0.15) is 23.4 Å². The molecule has 0 spiro atoms. The number of nitrogens with zero attached hydrogens (tertiary/aromatic N) is 3. The van der Waals surface area contributed by atoms with E-state index >= 15 is 0 Å². The van der Waals surface area contributed by atoms with Gasteiger partial charge in [-0.25, -0.2) is 5.84 Å². The molecule has 6 nitrogen and oxygen atoms in total. The van der Waals surface area contributed by atoms with Gasteiger partial charge in [0.25, 0.3) is 5.89 Å². The van der Waals surface area contributed by atoms with Gasteiger partial charge in [-0.3, -0.25) is 5.01 Å². The van der Waals surface area contributed by atoms with Gasteiger partial charge in [-0.2, -0.15) is 8.78 Å². The molecular formula is C18H16ClF2N5O. The Hall–Kier alpha value is -2.97. The average molecular weight is 392 g/mol. The van der Waals surface area contributed by atoms with Crippen LogP contribution in [0, 0.1) is 0 Å². The van der Waals surface area contributed by atoms with E-state index in [9.17, 15) is 8.78 Å². The fraction of sp³-hybridized carbons (Fsp3) is 0.111. The van der Waals surface area contributed by atoms with Gasteiger partial charge in [-0.15, -0.1) is 10.2 Å². The van der Waals surface area contributed by atoms with Crippen molar-refractivity contribution in [1.82, 2.24) is 15.2 Å². The van der Waals surface area contributed by atoms with Gasteiger partial charge in [0.05, 0.1) is 12.2 Å². The van der Waals surface area contributed by atoms with Crippen molar-refractivity contribution in [2.45, 2.75) is 13.0 Å². The van der Waals surface area contributed by atoms with Gasteiger partial charge in [0, 0.05) is 11.1 Å². The number of benzene rings is 2.